The molecule has 0 aliphatic carbocycles. The average Bonchev–Trinajstić information content (AvgIpc) is 2.54. The SMILES string of the molecule is O=C(O)CC1CCCCN1S(=O)(=O)c1cccc2cnccc12. The zero-order valence-electron chi connectivity index (χ0n) is 12.6. The highest BCUT2D eigenvalue weighted by molar-refractivity contribution is 7.89. The smallest absolute Gasteiger partial charge is 0.304 e. The molecule has 7 heteroatoms. The number of sulfonamides is 1. The lowest BCUT2D eigenvalue weighted by Crippen LogP contribution is -2.44. The summed E-state index contributed by atoms with van der Waals surface area (Å²) >= 11 is 0. The Labute approximate surface area is 134 Å². The highest BCUT2D eigenvalue weighted by Gasteiger charge is 2.35. The van der Waals surface area contributed by atoms with E-state index < -0.39 is 22.0 Å². The van der Waals surface area contributed by atoms with Crippen LogP contribution < -0.4 is 0 Å². The number of aromatic nitrogens is 1. The van der Waals surface area contributed by atoms with E-state index in [9.17, 15) is 13.2 Å². The monoisotopic (exact) mass is 334 g/mol. The molecule has 2 aromatic rings. The van der Waals surface area contributed by atoms with Gasteiger partial charge in [0.1, 0.15) is 0 Å². The largest absolute Gasteiger partial charge is 0.481 e. The Kier molecular flexibility index (Phi) is 4.32. The molecule has 0 amide bonds. The van der Waals surface area contributed by atoms with E-state index >= 15 is 0 Å². The quantitative estimate of drug-likeness (QED) is 0.926. The summed E-state index contributed by atoms with van der Waals surface area (Å²) in [5.74, 6) is -0.973. The van der Waals surface area contributed by atoms with E-state index in [-0.39, 0.29) is 11.3 Å². The van der Waals surface area contributed by atoms with E-state index in [1.807, 2.05) is 6.07 Å². The van der Waals surface area contributed by atoms with Crippen LogP contribution in [0.3, 0.4) is 0 Å². The maximum atomic E-state index is 13.1. The summed E-state index contributed by atoms with van der Waals surface area (Å²) in [6.45, 7) is 0.363. The zero-order chi connectivity index (χ0) is 16.4. The Morgan fingerprint density at radius 3 is 2.91 bits per heavy atom. The Morgan fingerprint density at radius 1 is 1.30 bits per heavy atom. The summed E-state index contributed by atoms with van der Waals surface area (Å²) in [5.41, 5.74) is 0. The van der Waals surface area contributed by atoms with Gasteiger partial charge in [-0.3, -0.25) is 9.78 Å². The number of piperidine rings is 1. The minimum absolute atomic E-state index is 0.161. The van der Waals surface area contributed by atoms with Gasteiger partial charge in [0.05, 0.1) is 11.3 Å². The average molecular weight is 334 g/mol. The highest BCUT2D eigenvalue weighted by Crippen LogP contribution is 2.30. The Hall–Kier alpha value is -1.99. The van der Waals surface area contributed by atoms with Crippen LogP contribution in [0.2, 0.25) is 0 Å². The van der Waals surface area contributed by atoms with Crippen molar-refractivity contribution in [1.82, 2.24) is 9.29 Å². The third-order valence-electron chi connectivity index (χ3n) is 4.21. The second-order valence-electron chi connectivity index (χ2n) is 5.72. The van der Waals surface area contributed by atoms with Gasteiger partial charge in [-0.1, -0.05) is 18.6 Å². The maximum absolute atomic E-state index is 13.1. The molecule has 1 aromatic carbocycles. The van der Waals surface area contributed by atoms with Crippen molar-refractivity contribution in [3.05, 3.63) is 36.7 Å². The first-order valence-electron chi connectivity index (χ1n) is 7.56. The predicted octanol–water partition coefficient (Wildman–Crippen LogP) is 2.25. The van der Waals surface area contributed by atoms with Crippen LogP contribution in [0.25, 0.3) is 10.8 Å². The summed E-state index contributed by atoms with van der Waals surface area (Å²) in [5, 5.41) is 10.4. The van der Waals surface area contributed by atoms with Crippen LogP contribution in [0.1, 0.15) is 25.7 Å². The molecule has 1 N–H and O–H groups in total. The first-order chi connectivity index (χ1) is 11.0. The molecular weight excluding hydrogens is 316 g/mol. The van der Waals surface area contributed by atoms with Crippen molar-refractivity contribution in [3.8, 4) is 0 Å². The van der Waals surface area contributed by atoms with E-state index in [1.165, 1.54) is 4.31 Å². The second-order valence-corrected chi connectivity index (χ2v) is 7.58. The number of fused-ring (bicyclic) bond motifs is 1. The number of rotatable bonds is 4. The van der Waals surface area contributed by atoms with E-state index in [0.29, 0.717) is 18.4 Å². The number of carbonyl (C=O) groups is 1. The van der Waals surface area contributed by atoms with Crippen molar-refractivity contribution in [2.24, 2.45) is 0 Å². The van der Waals surface area contributed by atoms with E-state index in [1.54, 1.807) is 30.6 Å². The lowest BCUT2D eigenvalue weighted by atomic mass is 10.0. The Morgan fingerprint density at radius 2 is 2.13 bits per heavy atom. The fourth-order valence-electron chi connectivity index (χ4n) is 3.14. The fraction of sp³-hybridized carbons (Fsp3) is 0.375. The van der Waals surface area contributed by atoms with Crippen LogP contribution in [0, 0.1) is 0 Å². The summed E-state index contributed by atoms with van der Waals surface area (Å²) in [7, 11) is -3.74. The molecule has 6 nitrogen and oxygen atoms in total. The Balaban J connectivity index is 2.06. The van der Waals surface area contributed by atoms with Crippen LogP contribution in [0.4, 0.5) is 0 Å². The van der Waals surface area contributed by atoms with E-state index in [0.717, 1.165) is 18.2 Å². The van der Waals surface area contributed by atoms with E-state index in [2.05, 4.69) is 4.98 Å². The first-order valence-corrected chi connectivity index (χ1v) is 9.00. The number of hydrogen-bond acceptors (Lipinski definition) is 4. The third kappa shape index (κ3) is 3.07. The summed E-state index contributed by atoms with van der Waals surface area (Å²) < 4.78 is 27.6. The second kappa shape index (κ2) is 6.25. The number of pyridine rings is 1. The molecule has 1 aromatic heterocycles. The standard InChI is InChI=1S/C16H18N2O4S/c19-16(20)10-13-5-1-2-9-18(13)23(21,22)15-6-3-4-12-11-17-8-7-14(12)15/h3-4,6-8,11,13H,1-2,5,9-10H2,(H,19,20). The van der Waals surface area contributed by atoms with Crippen LogP contribution in [-0.2, 0) is 14.8 Å². The predicted molar refractivity (Wildman–Crippen MR) is 85.5 cm³/mol. The van der Waals surface area contributed by atoms with Crippen LogP contribution in [0.15, 0.2) is 41.6 Å². The number of carboxylic acids is 1. The number of benzene rings is 1. The molecular formula is C16H18N2O4S. The first kappa shape index (κ1) is 15.9. The summed E-state index contributed by atoms with van der Waals surface area (Å²) in [4.78, 5) is 15.3. The molecule has 23 heavy (non-hydrogen) atoms. The molecule has 1 aliphatic heterocycles. The zero-order valence-corrected chi connectivity index (χ0v) is 13.4. The molecule has 1 atom stereocenters. The number of carboxylic acid groups (broad SMARTS) is 1. The van der Waals surface area contributed by atoms with E-state index in [4.69, 9.17) is 5.11 Å². The van der Waals surface area contributed by atoms with Crippen LogP contribution >= 0.6 is 0 Å². The summed E-state index contributed by atoms with van der Waals surface area (Å²) in [6.07, 6.45) is 5.21. The highest BCUT2D eigenvalue weighted by atomic mass is 32.2. The van der Waals surface area contributed by atoms with Gasteiger partial charge in [-0.2, -0.15) is 4.31 Å². The van der Waals surface area contributed by atoms with Crippen molar-refractivity contribution in [3.63, 3.8) is 0 Å². The minimum Gasteiger partial charge on any atom is -0.481 e. The van der Waals surface area contributed by atoms with Crippen LogP contribution in [-0.4, -0.2) is 41.4 Å². The molecule has 0 spiro atoms. The van der Waals surface area contributed by atoms with Gasteiger partial charge in [0.2, 0.25) is 10.0 Å². The molecule has 1 saturated heterocycles. The lowest BCUT2D eigenvalue weighted by Gasteiger charge is -2.34. The van der Waals surface area contributed by atoms with Crippen molar-refractivity contribution in [2.75, 3.05) is 6.54 Å². The third-order valence-corrected chi connectivity index (χ3v) is 6.22. The van der Waals surface area contributed by atoms with Gasteiger partial charge in [-0.25, -0.2) is 8.42 Å². The van der Waals surface area contributed by atoms with Gasteiger partial charge in [0, 0.05) is 35.8 Å². The minimum atomic E-state index is -3.74. The van der Waals surface area contributed by atoms with Gasteiger partial charge in [-0.15, -0.1) is 0 Å². The fourth-order valence-corrected chi connectivity index (χ4v) is 5.05. The Bertz CT molecular complexity index is 830. The molecule has 1 fully saturated rings. The van der Waals surface area contributed by atoms with Gasteiger partial charge in [0.15, 0.2) is 0 Å². The van der Waals surface area contributed by atoms with Crippen molar-refractivity contribution in [2.45, 2.75) is 36.6 Å². The van der Waals surface area contributed by atoms with Gasteiger partial charge in [-0.05, 0) is 25.0 Å². The van der Waals surface area contributed by atoms with Gasteiger partial charge >= 0.3 is 5.97 Å². The molecule has 2 heterocycles. The summed E-state index contributed by atoms with van der Waals surface area (Å²) in [6, 6.07) is 6.27. The molecule has 1 aliphatic rings. The normalized spacial score (nSPS) is 19.7. The maximum Gasteiger partial charge on any atom is 0.304 e. The van der Waals surface area contributed by atoms with Gasteiger partial charge < -0.3 is 5.11 Å². The lowest BCUT2D eigenvalue weighted by molar-refractivity contribution is -0.138. The number of hydrogen-bond donors (Lipinski definition) is 1. The topological polar surface area (TPSA) is 87.6 Å². The molecule has 0 radical (unpaired) electrons. The van der Waals surface area contributed by atoms with Crippen molar-refractivity contribution >= 4 is 26.8 Å². The molecule has 0 bridgehead atoms. The number of nitrogens with zero attached hydrogens (tertiary/aromatic N) is 2. The molecule has 1 unspecified atom stereocenters. The van der Waals surface area contributed by atoms with Crippen LogP contribution in [0.5, 0.6) is 0 Å². The number of aliphatic carboxylic acids is 1. The molecule has 0 saturated carbocycles. The van der Waals surface area contributed by atoms with Gasteiger partial charge in [0.25, 0.3) is 0 Å². The molecule has 3 rings (SSSR count). The van der Waals surface area contributed by atoms with Crippen molar-refractivity contribution in [1.29, 1.82) is 0 Å². The molecule has 122 valence electrons. The van der Waals surface area contributed by atoms with Crippen molar-refractivity contribution < 1.29 is 18.3 Å².